The number of benzene rings is 1. The van der Waals surface area contributed by atoms with E-state index in [4.69, 9.17) is 9.47 Å². The Labute approximate surface area is 129 Å². The Morgan fingerprint density at radius 1 is 1.33 bits per heavy atom. The van der Waals surface area contributed by atoms with Gasteiger partial charge >= 0.3 is 0 Å². The zero-order valence-corrected chi connectivity index (χ0v) is 14.2. The van der Waals surface area contributed by atoms with Crippen molar-refractivity contribution < 1.29 is 9.47 Å². The van der Waals surface area contributed by atoms with Crippen molar-refractivity contribution in [3.63, 3.8) is 0 Å². The van der Waals surface area contributed by atoms with Gasteiger partial charge in [-0.25, -0.2) is 0 Å². The van der Waals surface area contributed by atoms with Crippen molar-refractivity contribution in [2.24, 2.45) is 11.3 Å². The molecule has 0 aliphatic heterocycles. The van der Waals surface area contributed by atoms with Crippen molar-refractivity contribution in [2.75, 3.05) is 19.0 Å². The maximum absolute atomic E-state index is 6.02. The van der Waals surface area contributed by atoms with Crippen LogP contribution in [0.2, 0.25) is 0 Å². The maximum atomic E-state index is 6.02. The Kier molecular flexibility index (Phi) is 4.82. The minimum atomic E-state index is 0.169. The van der Waals surface area contributed by atoms with Crippen molar-refractivity contribution >= 4 is 5.69 Å². The lowest BCUT2D eigenvalue weighted by atomic mass is 9.64. The van der Waals surface area contributed by atoms with E-state index in [2.05, 4.69) is 52.1 Å². The summed E-state index contributed by atoms with van der Waals surface area (Å²) in [6.07, 6.45) is 1.43. The lowest BCUT2D eigenvalue weighted by Crippen LogP contribution is -2.58. The van der Waals surface area contributed by atoms with Crippen LogP contribution in [0, 0.1) is 18.3 Å². The fraction of sp³-hybridized carbons (Fsp3) is 0.667. The van der Waals surface area contributed by atoms with Crippen molar-refractivity contribution in [3.8, 4) is 5.75 Å². The molecule has 3 heteroatoms. The molecule has 2 unspecified atom stereocenters. The maximum Gasteiger partial charge on any atom is 0.121 e. The van der Waals surface area contributed by atoms with E-state index in [-0.39, 0.29) is 5.41 Å². The Morgan fingerprint density at radius 3 is 2.57 bits per heavy atom. The summed E-state index contributed by atoms with van der Waals surface area (Å²) in [4.78, 5) is 0. The third kappa shape index (κ3) is 3.52. The predicted molar refractivity (Wildman–Crippen MR) is 88.1 cm³/mol. The van der Waals surface area contributed by atoms with Crippen molar-refractivity contribution in [3.05, 3.63) is 23.8 Å². The van der Waals surface area contributed by atoms with Gasteiger partial charge in [0.1, 0.15) is 5.75 Å². The van der Waals surface area contributed by atoms with E-state index in [9.17, 15) is 0 Å². The molecule has 21 heavy (non-hydrogen) atoms. The summed E-state index contributed by atoms with van der Waals surface area (Å²) in [5.41, 5.74) is 2.49. The first-order valence-corrected chi connectivity index (χ1v) is 7.87. The van der Waals surface area contributed by atoms with Gasteiger partial charge in [0.25, 0.3) is 0 Å². The van der Waals surface area contributed by atoms with Crippen molar-refractivity contribution in [1.82, 2.24) is 0 Å². The van der Waals surface area contributed by atoms with E-state index in [0.29, 0.717) is 18.1 Å². The lowest BCUT2D eigenvalue weighted by Gasteiger charge is -2.52. The summed E-state index contributed by atoms with van der Waals surface area (Å²) in [7, 11) is 1.71. The van der Waals surface area contributed by atoms with Crippen LogP contribution in [-0.2, 0) is 4.74 Å². The van der Waals surface area contributed by atoms with E-state index in [1.54, 1.807) is 7.11 Å². The number of anilines is 1. The second-order valence-corrected chi connectivity index (χ2v) is 7.15. The third-order valence-electron chi connectivity index (χ3n) is 4.54. The lowest BCUT2D eigenvalue weighted by molar-refractivity contribution is -0.108. The summed E-state index contributed by atoms with van der Waals surface area (Å²) < 4.78 is 11.3. The smallest absolute Gasteiger partial charge is 0.121 e. The summed E-state index contributed by atoms with van der Waals surface area (Å²) >= 11 is 0. The summed E-state index contributed by atoms with van der Waals surface area (Å²) in [5.74, 6) is 1.53. The topological polar surface area (TPSA) is 30.5 Å². The minimum Gasteiger partial charge on any atom is -0.496 e. The quantitative estimate of drug-likeness (QED) is 0.849. The van der Waals surface area contributed by atoms with Crippen LogP contribution < -0.4 is 10.1 Å². The highest BCUT2D eigenvalue weighted by atomic mass is 16.5. The Bertz CT molecular complexity index is 482. The SMILES string of the molecule is COc1ccc(NC2CC(OCC(C)C)C2(C)C)cc1C. The van der Waals surface area contributed by atoms with Gasteiger partial charge in [-0.15, -0.1) is 0 Å². The molecule has 0 heterocycles. The average molecular weight is 291 g/mol. The number of methoxy groups -OCH3 is 1. The van der Waals surface area contributed by atoms with Crippen LogP contribution in [0.3, 0.4) is 0 Å². The normalized spacial score (nSPS) is 23.8. The molecule has 1 aliphatic carbocycles. The molecule has 1 aliphatic rings. The molecule has 0 aromatic heterocycles. The predicted octanol–water partition coefficient (Wildman–Crippen LogP) is 4.26. The summed E-state index contributed by atoms with van der Waals surface area (Å²) in [6, 6.07) is 6.72. The van der Waals surface area contributed by atoms with E-state index in [1.165, 1.54) is 0 Å². The molecule has 1 fully saturated rings. The highest BCUT2D eigenvalue weighted by Gasteiger charge is 2.49. The average Bonchev–Trinajstić information content (AvgIpc) is 2.41. The van der Waals surface area contributed by atoms with Crippen molar-refractivity contribution in [1.29, 1.82) is 0 Å². The van der Waals surface area contributed by atoms with Crippen LogP contribution in [0.25, 0.3) is 0 Å². The monoisotopic (exact) mass is 291 g/mol. The molecule has 2 atom stereocenters. The van der Waals surface area contributed by atoms with Crippen LogP contribution in [0.15, 0.2) is 18.2 Å². The molecule has 1 aromatic rings. The molecule has 0 amide bonds. The van der Waals surface area contributed by atoms with Crippen molar-refractivity contribution in [2.45, 2.75) is 53.2 Å². The molecule has 0 saturated heterocycles. The number of hydrogen-bond donors (Lipinski definition) is 1. The van der Waals surface area contributed by atoms with E-state index >= 15 is 0 Å². The molecule has 0 radical (unpaired) electrons. The van der Waals surface area contributed by atoms with Gasteiger partial charge < -0.3 is 14.8 Å². The molecule has 2 rings (SSSR count). The molecular formula is C18H29NO2. The van der Waals surface area contributed by atoms with Crippen LogP contribution in [0.1, 0.15) is 39.7 Å². The van der Waals surface area contributed by atoms with E-state index < -0.39 is 0 Å². The Hall–Kier alpha value is -1.22. The molecule has 3 nitrogen and oxygen atoms in total. The minimum absolute atomic E-state index is 0.169. The number of nitrogens with one attached hydrogen (secondary N) is 1. The Balaban J connectivity index is 1.94. The molecular weight excluding hydrogens is 262 g/mol. The second kappa shape index (κ2) is 6.27. The summed E-state index contributed by atoms with van der Waals surface area (Å²) in [5, 5.41) is 3.64. The Morgan fingerprint density at radius 2 is 2.05 bits per heavy atom. The van der Waals surface area contributed by atoms with Gasteiger partial charge in [-0.1, -0.05) is 27.7 Å². The second-order valence-electron chi connectivity index (χ2n) is 7.15. The van der Waals surface area contributed by atoms with Gasteiger partial charge in [0.2, 0.25) is 0 Å². The van der Waals surface area contributed by atoms with Crippen LogP contribution in [-0.4, -0.2) is 25.9 Å². The fourth-order valence-electron chi connectivity index (χ4n) is 2.89. The fourth-order valence-corrected chi connectivity index (χ4v) is 2.89. The zero-order chi connectivity index (χ0) is 15.6. The number of hydrogen-bond acceptors (Lipinski definition) is 3. The molecule has 1 N–H and O–H groups in total. The van der Waals surface area contributed by atoms with Gasteiger partial charge in [-0.05, 0) is 43.0 Å². The molecule has 1 aromatic carbocycles. The third-order valence-corrected chi connectivity index (χ3v) is 4.54. The first-order chi connectivity index (χ1) is 9.84. The van der Waals surface area contributed by atoms with E-state index in [1.807, 2.05) is 6.07 Å². The van der Waals surface area contributed by atoms with Gasteiger partial charge in [0.05, 0.1) is 13.2 Å². The number of rotatable bonds is 6. The largest absolute Gasteiger partial charge is 0.496 e. The number of aryl methyl sites for hydroxylation is 1. The van der Waals surface area contributed by atoms with E-state index in [0.717, 1.165) is 30.0 Å². The standard InChI is InChI=1S/C18H29NO2/c1-12(2)11-21-17-10-16(18(17,4)5)19-14-7-8-15(20-6)13(3)9-14/h7-9,12,16-17,19H,10-11H2,1-6H3. The number of ether oxygens (including phenoxy) is 2. The molecule has 0 bridgehead atoms. The first kappa shape index (κ1) is 16.2. The van der Waals surface area contributed by atoms with Gasteiger partial charge in [0.15, 0.2) is 0 Å². The van der Waals surface area contributed by atoms with Gasteiger partial charge in [0, 0.05) is 23.8 Å². The summed E-state index contributed by atoms with van der Waals surface area (Å²) in [6.45, 7) is 11.9. The van der Waals surface area contributed by atoms with Crippen LogP contribution in [0.4, 0.5) is 5.69 Å². The van der Waals surface area contributed by atoms with Crippen LogP contribution in [0.5, 0.6) is 5.75 Å². The highest BCUT2D eigenvalue weighted by molar-refractivity contribution is 5.52. The zero-order valence-electron chi connectivity index (χ0n) is 14.2. The van der Waals surface area contributed by atoms with Gasteiger partial charge in [-0.3, -0.25) is 0 Å². The highest BCUT2D eigenvalue weighted by Crippen LogP contribution is 2.44. The van der Waals surface area contributed by atoms with Crippen LogP contribution >= 0.6 is 0 Å². The molecule has 1 saturated carbocycles. The molecule has 118 valence electrons. The van der Waals surface area contributed by atoms with Gasteiger partial charge in [-0.2, -0.15) is 0 Å². The molecule has 0 spiro atoms. The first-order valence-electron chi connectivity index (χ1n) is 7.87.